The molecule has 1 heterocycles. The Balaban J connectivity index is 1.74. The molecule has 0 amide bonds. The van der Waals surface area contributed by atoms with E-state index in [1.165, 1.54) is 102 Å². The molecule has 0 fully saturated rings. The van der Waals surface area contributed by atoms with E-state index >= 15 is 0 Å². The minimum Gasteiger partial charge on any atom is -0.391 e. The fourth-order valence-corrected chi connectivity index (χ4v) is 5.23. The highest BCUT2D eigenvalue weighted by Gasteiger charge is 2.22. The minimum absolute atomic E-state index is 0.359. The number of nitrogens with zero attached hydrogens (tertiary/aromatic N) is 4. The highest BCUT2D eigenvalue weighted by Crippen LogP contribution is 2.15. The van der Waals surface area contributed by atoms with Crippen molar-refractivity contribution in [3.8, 4) is 0 Å². The largest absolute Gasteiger partial charge is 0.391 e. The quantitative estimate of drug-likeness (QED) is 0.0723. The van der Waals surface area contributed by atoms with Crippen molar-refractivity contribution in [3.63, 3.8) is 0 Å². The SMILES string of the molecule is CCCCCCCCCCCCCCCCCCNc1nc(Nc2ccc(C)cc2)nc[n+]1N(CC(C)O)CC(C)O. The predicted molar refractivity (Wildman–Crippen MR) is 176 cm³/mol. The van der Waals surface area contributed by atoms with E-state index in [0.717, 1.165) is 18.7 Å². The Kier molecular flexibility index (Phi) is 18.8. The van der Waals surface area contributed by atoms with Crippen LogP contribution in [0.5, 0.6) is 0 Å². The van der Waals surface area contributed by atoms with E-state index in [1.807, 2.05) is 21.8 Å². The summed E-state index contributed by atoms with van der Waals surface area (Å²) < 4.78 is 1.81. The van der Waals surface area contributed by atoms with Crippen LogP contribution in [0.15, 0.2) is 30.6 Å². The van der Waals surface area contributed by atoms with E-state index < -0.39 is 12.2 Å². The van der Waals surface area contributed by atoms with Crippen molar-refractivity contribution in [1.82, 2.24) is 9.97 Å². The van der Waals surface area contributed by atoms with Crippen LogP contribution >= 0.6 is 0 Å². The van der Waals surface area contributed by atoms with Crippen LogP contribution in [-0.2, 0) is 0 Å². The van der Waals surface area contributed by atoms with Gasteiger partial charge >= 0.3 is 11.9 Å². The van der Waals surface area contributed by atoms with Crippen LogP contribution in [0.3, 0.4) is 0 Å². The molecule has 2 unspecified atom stereocenters. The zero-order valence-corrected chi connectivity index (χ0v) is 27.2. The molecule has 42 heavy (non-hydrogen) atoms. The molecular formula is C34H61N6O2+. The second-order valence-electron chi connectivity index (χ2n) is 12.1. The molecule has 0 saturated heterocycles. The Morgan fingerprint density at radius 1 is 0.738 bits per heavy atom. The lowest BCUT2D eigenvalue weighted by atomic mass is 10.0. The highest BCUT2D eigenvalue weighted by molar-refractivity contribution is 5.53. The summed E-state index contributed by atoms with van der Waals surface area (Å²) in [5, 5.41) is 28.8. The Bertz CT molecular complexity index is 928. The number of benzene rings is 1. The Labute approximate surface area is 256 Å². The zero-order valence-electron chi connectivity index (χ0n) is 27.2. The Hall–Kier alpha value is -2.45. The van der Waals surface area contributed by atoms with Crippen LogP contribution < -0.4 is 20.3 Å². The highest BCUT2D eigenvalue weighted by atomic mass is 16.3. The van der Waals surface area contributed by atoms with E-state index in [0.29, 0.717) is 25.0 Å². The standard InChI is InChI=1S/C34H60N6O2/c1-5-6-7-8-9-10-11-12-13-14-15-16-17-18-19-20-25-35-34-38-33(37-32-23-21-29(2)22-24-32)36-28-40(34)39(26-30(3)41)27-31(4)42/h21-24,28,30-31,41-42H,5-20,25-27H2,1-4H3,(H,35,37,38)/p+1. The second kappa shape index (κ2) is 22.1. The topological polar surface area (TPSA) is 97.4 Å². The summed E-state index contributed by atoms with van der Waals surface area (Å²) in [4.78, 5) is 9.28. The average Bonchev–Trinajstić information content (AvgIpc) is 2.95. The van der Waals surface area contributed by atoms with E-state index in [2.05, 4.69) is 41.6 Å². The first kappa shape index (κ1) is 35.7. The second-order valence-corrected chi connectivity index (χ2v) is 12.1. The molecule has 2 aromatic rings. The van der Waals surface area contributed by atoms with Crippen LogP contribution in [0.1, 0.15) is 129 Å². The molecule has 1 aromatic carbocycles. The van der Waals surface area contributed by atoms with Crippen LogP contribution in [0.4, 0.5) is 17.6 Å². The first-order chi connectivity index (χ1) is 20.4. The first-order valence-corrected chi connectivity index (χ1v) is 16.9. The Morgan fingerprint density at radius 3 is 1.69 bits per heavy atom. The molecule has 0 aliphatic heterocycles. The van der Waals surface area contributed by atoms with Gasteiger partial charge in [0.25, 0.3) is 0 Å². The molecule has 0 aliphatic carbocycles. The monoisotopic (exact) mass is 585 g/mol. The molecule has 4 N–H and O–H groups in total. The number of aryl methyl sites for hydroxylation is 1. The fraction of sp³-hybridized carbons (Fsp3) is 0.735. The molecule has 0 aliphatic rings. The van der Waals surface area contributed by atoms with Crippen LogP contribution in [0.25, 0.3) is 0 Å². The molecule has 0 spiro atoms. The number of anilines is 3. The molecule has 8 nitrogen and oxygen atoms in total. The maximum atomic E-state index is 10.1. The number of unbranched alkanes of at least 4 members (excludes halogenated alkanes) is 15. The van der Waals surface area contributed by atoms with Crippen molar-refractivity contribution in [3.05, 3.63) is 36.2 Å². The lowest BCUT2D eigenvalue weighted by Gasteiger charge is -2.26. The number of aliphatic hydroxyl groups excluding tert-OH is 2. The summed E-state index contributed by atoms with van der Waals surface area (Å²) in [5.41, 5.74) is 2.12. The van der Waals surface area contributed by atoms with Gasteiger partial charge in [-0.25, -0.2) is 0 Å². The molecule has 0 radical (unpaired) electrons. The van der Waals surface area contributed by atoms with Crippen LogP contribution in [0, 0.1) is 6.92 Å². The lowest BCUT2D eigenvalue weighted by Crippen LogP contribution is -2.63. The lowest BCUT2D eigenvalue weighted by molar-refractivity contribution is -0.686. The zero-order chi connectivity index (χ0) is 30.4. The summed E-state index contributed by atoms with van der Waals surface area (Å²) in [5.74, 6) is 1.14. The van der Waals surface area contributed by atoms with E-state index in [9.17, 15) is 10.2 Å². The first-order valence-electron chi connectivity index (χ1n) is 16.9. The smallest absolute Gasteiger partial charge is 0.373 e. The van der Waals surface area contributed by atoms with Crippen molar-refractivity contribution in [1.29, 1.82) is 0 Å². The molecule has 2 rings (SSSR count). The third kappa shape index (κ3) is 16.3. The number of aliphatic hydroxyl groups is 2. The summed E-state index contributed by atoms with van der Waals surface area (Å²) in [6.45, 7) is 9.35. The van der Waals surface area contributed by atoms with E-state index in [-0.39, 0.29) is 0 Å². The van der Waals surface area contributed by atoms with Gasteiger partial charge in [0.2, 0.25) is 6.33 Å². The van der Waals surface area contributed by atoms with E-state index in [4.69, 9.17) is 4.98 Å². The molecule has 238 valence electrons. The van der Waals surface area contributed by atoms with Crippen molar-refractivity contribution >= 4 is 17.6 Å². The number of hydrogen-bond acceptors (Lipinski definition) is 7. The van der Waals surface area contributed by atoms with Gasteiger partial charge < -0.3 is 15.5 Å². The number of nitrogens with one attached hydrogen (secondary N) is 2. The van der Waals surface area contributed by atoms with Gasteiger partial charge in [-0.1, -0.05) is 131 Å². The van der Waals surface area contributed by atoms with Gasteiger partial charge in [0.05, 0.1) is 31.8 Å². The molecule has 1 aromatic heterocycles. The van der Waals surface area contributed by atoms with Gasteiger partial charge in [0, 0.05) is 5.69 Å². The van der Waals surface area contributed by atoms with Gasteiger partial charge in [-0.3, -0.25) is 10.3 Å². The van der Waals surface area contributed by atoms with Gasteiger partial charge in [0.15, 0.2) is 0 Å². The number of rotatable bonds is 25. The van der Waals surface area contributed by atoms with E-state index in [1.54, 1.807) is 20.2 Å². The molecular weight excluding hydrogens is 524 g/mol. The molecule has 8 heteroatoms. The maximum Gasteiger partial charge on any atom is 0.373 e. The molecule has 2 atom stereocenters. The summed E-state index contributed by atoms with van der Waals surface area (Å²) >= 11 is 0. The molecule has 0 saturated carbocycles. The fourth-order valence-electron chi connectivity index (χ4n) is 5.23. The normalized spacial score (nSPS) is 12.7. The summed E-state index contributed by atoms with van der Waals surface area (Å²) in [7, 11) is 0. The number of hydrogen-bond donors (Lipinski definition) is 4. The predicted octanol–water partition coefficient (Wildman–Crippen LogP) is 7.19. The van der Waals surface area contributed by atoms with Crippen molar-refractivity contribution in [2.45, 2.75) is 143 Å². The molecule has 0 bridgehead atoms. The third-order valence-corrected chi connectivity index (χ3v) is 7.59. The van der Waals surface area contributed by atoms with Crippen molar-refractivity contribution in [2.75, 3.05) is 35.3 Å². The van der Waals surface area contributed by atoms with Crippen LogP contribution in [-0.4, -0.2) is 52.0 Å². The average molecular weight is 586 g/mol. The minimum atomic E-state index is -0.560. The van der Waals surface area contributed by atoms with Crippen LogP contribution in [0.2, 0.25) is 0 Å². The number of aromatic nitrogens is 3. The van der Waals surface area contributed by atoms with Crippen molar-refractivity contribution < 1.29 is 14.9 Å². The Morgan fingerprint density at radius 2 is 1.21 bits per heavy atom. The van der Waals surface area contributed by atoms with Gasteiger partial charge in [0.1, 0.15) is 0 Å². The summed E-state index contributed by atoms with van der Waals surface area (Å²) in [6, 6.07) is 8.12. The summed E-state index contributed by atoms with van der Waals surface area (Å²) in [6.07, 6.45) is 22.2. The van der Waals surface area contributed by atoms with Crippen molar-refractivity contribution in [2.24, 2.45) is 0 Å². The van der Waals surface area contributed by atoms with Gasteiger partial charge in [-0.05, 0) is 39.3 Å². The van der Waals surface area contributed by atoms with Gasteiger partial charge in [-0.2, -0.15) is 0 Å². The maximum absolute atomic E-state index is 10.1. The van der Waals surface area contributed by atoms with Gasteiger partial charge in [-0.15, -0.1) is 4.68 Å². The third-order valence-electron chi connectivity index (χ3n) is 7.59.